The van der Waals surface area contributed by atoms with Crippen molar-refractivity contribution in [3.63, 3.8) is 0 Å². The van der Waals surface area contributed by atoms with Crippen molar-refractivity contribution in [2.75, 3.05) is 38.3 Å². The number of hydrogen-bond acceptors (Lipinski definition) is 5. The van der Waals surface area contributed by atoms with Crippen molar-refractivity contribution in [1.82, 2.24) is 9.80 Å². The van der Waals surface area contributed by atoms with E-state index in [-0.39, 0.29) is 24.6 Å². The molecule has 3 aliphatic rings. The number of primary amides is 1. The SMILES string of the molecule is NC(=O)C1CCN(C2CN(C(=O)Nc3ccc4c(c3)OCO4)C2)CC1. The van der Waals surface area contributed by atoms with Crippen molar-refractivity contribution in [2.24, 2.45) is 11.7 Å². The van der Waals surface area contributed by atoms with Crippen molar-refractivity contribution < 1.29 is 19.1 Å². The van der Waals surface area contributed by atoms with Crippen LogP contribution in [0.25, 0.3) is 0 Å². The predicted octanol–water partition coefficient (Wildman–Crippen LogP) is 0.829. The fraction of sp³-hybridized carbons (Fsp3) is 0.529. The van der Waals surface area contributed by atoms with Crippen molar-refractivity contribution in [1.29, 1.82) is 0 Å². The molecule has 0 radical (unpaired) electrons. The van der Waals surface area contributed by atoms with Gasteiger partial charge in [-0.1, -0.05) is 0 Å². The van der Waals surface area contributed by atoms with Gasteiger partial charge < -0.3 is 25.4 Å². The summed E-state index contributed by atoms with van der Waals surface area (Å²) in [7, 11) is 0. The van der Waals surface area contributed by atoms with Gasteiger partial charge in [0.15, 0.2) is 11.5 Å². The lowest BCUT2D eigenvalue weighted by Crippen LogP contribution is -2.63. The van der Waals surface area contributed by atoms with Gasteiger partial charge in [-0.15, -0.1) is 0 Å². The van der Waals surface area contributed by atoms with Gasteiger partial charge in [0.25, 0.3) is 0 Å². The first-order chi connectivity index (χ1) is 12.1. The molecule has 0 saturated carbocycles. The second-order valence-corrected chi connectivity index (χ2v) is 6.77. The van der Waals surface area contributed by atoms with Crippen LogP contribution in [0.15, 0.2) is 18.2 Å². The van der Waals surface area contributed by atoms with E-state index in [0.717, 1.165) is 25.9 Å². The standard InChI is InChI=1S/C17H22N4O4/c18-16(22)11-3-5-20(6-4-11)13-8-21(9-13)17(23)19-12-1-2-14-15(7-12)25-10-24-14/h1-2,7,11,13H,3-6,8-10H2,(H2,18,22)(H,19,23). The Bertz CT molecular complexity index is 681. The van der Waals surface area contributed by atoms with Crippen LogP contribution >= 0.6 is 0 Å². The Kier molecular flexibility index (Phi) is 4.12. The molecular formula is C17H22N4O4. The number of urea groups is 1. The average molecular weight is 346 g/mol. The molecule has 1 aromatic rings. The molecule has 2 fully saturated rings. The van der Waals surface area contributed by atoms with Gasteiger partial charge in [-0.25, -0.2) is 4.79 Å². The molecular weight excluding hydrogens is 324 g/mol. The van der Waals surface area contributed by atoms with Crippen LogP contribution in [-0.2, 0) is 4.79 Å². The number of anilines is 1. The van der Waals surface area contributed by atoms with Crippen LogP contribution in [0.1, 0.15) is 12.8 Å². The third-order valence-corrected chi connectivity index (χ3v) is 5.22. The second kappa shape index (κ2) is 6.44. The third-order valence-electron chi connectivity index (χ3n) is 5.22. The summed E-state index contributed by atoms with van der Waals surface area (Å²) in [6.45, 7) is 3.37. The first-order valence-corrected chi connectivity index (χ1v) is 8.59. The summed E-state index contributed by atoms with van der Waals surface area (Å²) in [6.07, 6.45) is 1.63. The number of piperidine rings is 1. The number of carbonyl (C=O) groups excluding carboxylic acids is 2. The van der Waals surface area contributed by atoms with Crippen molar-refractivity contribution in [3.8, 4) is 11.5 Å². The Labute approximate surface area is 145 Å². The highest BCUT2D eigenvalue weighted by atomic mass is 16.7. The van der Waals surface area contributed by atoms with Gasteiger partial charge >= 0.3 is 6.03 Å². The van der Waals surface area contributed by atoms with E-state index in [0.29, 0.717) is 36.3 Å². The van der Waals surface area contributed by atoms with Crippen molar-refractivity contribution >= 4 is 17.6 Å². The fourth-order valence-electron chi connectivity index (χ4n) is 3.58. The smallest absolute Gasteiger partial charge is 0.321 e. The molecule has 1 aromatic carbocycles. The second-order valence-electron chi connectivity index (χ2n) is 6.77. The normalized spacial score (nSPS) is 21.0. The van der Waals surface area contributed by atoms with Gasteiger partial charge in [-0.2, -0.15) is 0 Å². The molecule has 134 valence electrons. The van der Waals surface area contributed by atoms with Gasteiger partial charge in [0.1, 0.15) is 0 Å². The minimum atomic E-state index is -0.196. The van der Waals surface area contributed by atoms with E-state index in [1.165, 1.54) is 0 Å². The maximum Gasteiger partial charge on any atom is 0.321 e. The lowest BCUT2D eigenvalue weighted by atomic mass is 9.94. The Morgan fingerprint density at radius 3 is 2.56 bits per heavy atom. The largest absolute Gasteiger partial charge is 0.454 e. The molecule has 3 N–H and O–H groups in total. The molecule has 25 heavy (non-hydrogen) atoms. The molecule has 0 bridgehead atoms. The van der Waals surface area contributed by atoms with Crippen LogP contribution in [0.2, 0.25) is 0 Å². The van der Waals surface area contributed by atoms with Crippen LogP contribution in [-0.4, -0.2) is 60.8 Å². The monoisotopic (exact) mass is 346 g/mol. The Morgan fingerprint density at radius 1 is 1.12 bits per heavy atom. The molecule has 2 saturated heterocycles. The zero-order valence-electron chi connectivity index (χ0n) is 13.9. The number of hydrogen-bond donors (Lipinski definition) is 2. The highest BCUT2D eigenvalue weighted by molar-refractivity contribution is 5.90. The fourth-order valence-corrected chi connectivity index (χ4v) is 3.58. The molecule has 4 rings (SSSR count). The van der Waals surface area contributed by atoms with Gasteiger partial charge in [0, 0.05) is 36.8 Å². The molecule has 0 aliphatic carbocycles. The molecule has 8 heteroatoms. The topological polar surface area (TPSA) is 97.1 Å². The van der Waals surface area contributed by atoms with Gasteiger partial charge in [-0.05, 0) is 38.1 Å². The van der Waals surface area contributed by atoms with Crippen LogP contribution < -0.4 is 20.5 Å². The molecule has 3 amide bonds. The zero-order chi connectivity index (χ0) is 17.4. The quantitative estimate of drug-likeness (QED) is 0.845. The number of likely N-dealkylation sites (tertiary alicyclic amines) is 2. The predicted molar refractivity (Wildman–Crippen MR) is 90.4 cm³/mol. The van der Waals surface area contributed by atoms with Crippen LogP contribution in [0, 0.1) is 5.92 Å². The number of nitrogens with two attached hydrogens (primary N) is 1. The van der Waals surface area contributed by atoms with E-state index in [9.17, 15) is 9.59 Å². The maximum absolute atomic E-state index is 12.3. The Hall–Kier alpha value is -2.48. The summed E-state index contributed by atoms with van der Waals surface area (Å²) in [6, 6.07) is 5.63. The highest BCUT2D eigenvalue weighted by Crippen LogP contribution is 2.34. The molecule has 3 aliphatic heterocycles. The maximum atomic E-state index is 12.3. The first-order valence-electron chi connectivity index (χ1n) is 8.59. The van der Waals surface area contributed by atoms with E-state index in [4.69, 9.17) is 15.2 Å². The lowest BCUT2D eigenvalue weighted by molar-refractivity contribution is -0.123. The summed E-state index contributed by atoms with van der Waals surface area (Å²) in [5, 5.41) is 2.89. The van der Waals surface area contributed by atoms with Crippen molar-refractivity contribution in [2.45, 2.75) is 18.9 Å². The van der Waals surface area contributed by atoms with Gasteiger partial charge in [-0.3, -0.25) is 9.69 Å². The Balaban J connectivity index is 1.25. The zero-order valence-corrected chi connectivity index (χ0v) is 13.9. The minimum Gasteiger partial charge on any atom is -0.454 e. The number of ether oxygens (including phenoxy) is 2. The summed E-state index contributed by atoms with van der Waals surface area (Å²) >= 11 is 0. The molecule has 0 unspecified atom stereocenters. The number of nitrogens with zero attached hydrogens (tertiary/aromatic N) is 2. The highest BCUT2D eigenvalue weighted by Gasteiger charge is 2.37. The van der Waals surface area contributed by atoms with Crippen LogP contribution in [0.5, 0.6) is 11.5 Å². The molecule has 8 nitrogen and oxygen atoms in total. The number of nitrogens with one attached hydrogen (secondary N) is 1. The summed E-state index contributed by atoms with van der Waals surface area (Å²) in [4.78, 5) is 27.7. The van der Waals surface area contributed by atoms with E-state index in [1.807, 2.05) is 0 Å². The van der Waals surface area contributed by atoms with Crippen molar-refractivity contribution in [3.05, 3.63) is 18.2 Å². The minimum absolute atomic E-state index is 0.00161. The van der Waals surface area contributed by atoms with E-state index >= 15 is 0 Å². The van der Waals surface area contributed by atoms with Gasteiger partial charge in [0.05, 0.1) is 0 Å². The third kappa shape index (κ3) is 3.21. The molecule has 0 atom stereocenters. The first kappa shape index (κ1) is 16.0. The van der Waals surface area contributed by atoms with Crippen LogP contribution in [0.3, 0.4) is 0 Å². The van der Waals surface area contributed by atoms with Gasteiger partial charge in [0.2, 0.25) is 12.7 Å². The summed E-state index contributed by atoms with van der Waals surface area (Å²) in [5.74, 6) is 1.15. The number of amides is 3. The van der Waals surface area contributed by atoms with Crippen LogP contribution in [0.4, 0.5) is 10.5 Å². The lowest BCUT2D eigenvalue weighted by Gasteiger charge is -2.47. The Morgan fingerprint density at radius 2 is 1.84 bits per heavy atom. The van der Waals surface area contributed by atoms with E-state index < -0.39 is 0 Å². The van der Waals surface area contributed by atoms with E-state index in [1.54, 1.807) is 23.1 Å². The number of carbonyl (C=O) groups is 2. The molecule has 0 aromatic heterocycles. The van der Waals surface area contributed by atoms with E-state index in [2.05, 4.69) is 10.2 Å². The average Bonchev–Trinajstić information content (AvgIpc) is 3.01. The number of benzene rings is 1. The number of fused-ring (bicyclic) bond motifs is 1. The molecule has 0 spiro atoms. The summed E-state index contributed by atoms with van der Waals surface area (Å²) < 4.78 is 10.6. The molecule has 3 heterocycles. The number of rotatable bonds is 3. The summed E-state index contributed by atoms with van der Waals surface area (Å²) in [5.41, 5.74) is 6.06.